The van der Waals surface area contributed by atoms with Gasteiger partial charge >= 0.3 is 6.03 Å². The lowest BCUT2D eigenvalue weighted by Crippen LogP contribution is -2.42. The highest BCUT2D eigenvalue weighted by Crippen LogP contribution is 2.56. The standard InChI is InChI=1S/C28H29F3N8O/c29-15-8-17-19(13-32-24(17)20(30)9-15)23-18(25-33-14-34-38-25)10-21(31)26(37-23)35-16-4-3-5-28(11-16)12-22(28)36-27(40)39-6-1-2-7-39/h8-10,13-14,16,22,32H,1-7,11-12H2,(H,35,37)(H,36,40)(H,33,34,38)/t16-,22-,28+/m0/s1. The molecule has 0 radical (unpaired) electrons. The number of H-pyrrole nitrogens is 2. The van der Waals surface area contributed by atoms with Gasteiger partial charge in [0.2, 0.25) is 0 Å². The first kappa shape index (κ1) is 24.9. The number of hydrogen-bond acceptors (Lipinski definition) is 5. The van der Waals surface area contributed by atoms with E-state index in [9.17, 15) is 13.6 Å². The Kier molecular flexibility index (Phi) is 5.93. The zero-order valence-corrected chi connectivity index (χ0v) is 21.7. The second-order valence-corrected chi connectivity index (χ2v) is 11.3. The monoisotopic (exact) mass is 550 g/mol. The molecule has 0 unspecified atom stereocenters. The number of nitrogens with one attached hydrogen (secondary N) is 4. The highest BCUT2D eigenvalue weighted by Gasteiger charge is 2.56. The van der Waals surface area contributed by atoms with Crippen molar-refractivity contribution < 1.29 is 18.0 Å². The summed E-state index contributed by atoms with van der Waals surface area (Å²) in [7, 11) is 0. The van der Waals surface area contributed by atoms with Crippen molar-refractivity contribution in [1.29, 1.82) is 0 Å². The minimum Gasteiger partial charge on any atom is -0.365 e. The van der Waals surface area contributed by atoms with Crippen molar-refractivity contribution in [2.24, 2.45) is 5.41 Å². The van der Waals surface area contributed by atoms with Crippen molar-refractivity contribution in [1.82, 2.24) is 35.4 Å². The van der Waals surface area contributed by atoms with E-state index in [0.717, 1.165) is 64.1 Å². The van der Waals surface area contributed by atoms with E-state index >= 15 is 4.39 Å². The van der Waals surface area contributed by atoms with Crippen LogP contribution in [0.3, 0.4) is 0 Å². The molecule has 4 N–H and O–H groups in total. The number of carbonyl (C=O) groups excluding carboxylic acids is 1. The molecule has 3 aliphatic rings. The third kappa shape index (κ3) is 4.35. The number of anilines is 1. The molecule has 0 bridgehead atoms. The van der Waals surface area contributed by atoms with Gasteiger partial charge in [-0.05, 0) is 56.1 Å². The summed E-state index contributed by atoms with van der Waals surface area (Å²) in [6.45, 7) is 1.62. The summed E-state index contributed by atoms with van der Waals surface area (Å²) in [5.74, 6) is -1.68. The molecule has 2 aliphatic carbocycles. The molecule has 1 aromatic carbocycles. The van der Waals surface area contributed by atoms with Gasteiger partial charge in [-0.1, -0.05) is 6.42 Å². The summed E-state index contributed by atoms with van der Waals surface area (Å²) in [6.07, 6.45) is 9.47. The highest BCUT2D eigenvalue weighted by molar-refractivity contribution is 5.98. The van der Waals surface area contributed by atoms with E-state index in [4.69, 9.17) is 0 Å². The van der Waals surface area contributed by atoms with Crippen molar-refractivity contribution in [3.05, 3.63) is 48.2 Å². The molecule has 2 saturated carbocycles. The van der Waals surface area contributed by atoms with Crippen molar-refractivity contribution in [2.45, 2.75) is 57.0 Å². The number of likely N-dealkylation sites (tertiary alicyclic amines) is 1. The van der Waals surface area contributed by atoms with E-state index < -0.39 is 17.5 Å². The molecule has 3 atom stereocenters. The summed E-state index contributed by atoms with van der Waals surface area (Å²) in [5.41, 5.74) is 1.18. The predicted octanol–water partition coefficient (Wildman–Crippen LogP) is 5.35. The number of halogens is 3. The van der Waals surface area contributed by atoms with Crippen LogP contribution in [-0.4, -0.2) is 61.3 Å². The first-order valence-corrected chi connectivity index (χ1v) is 13.7. The Morgan fingerprint density at radius 1 is 1.05 bits per heavy atom. The van der Waals surface area contributed by atoms with Gasteiger partial charge < -0.3 is 20.5 Å². The number of aromatic amines is 2. The van der Waals surface area contributed by atoms with Gasteiger partial charge in [-0.3, -0.25) is 5.10 Å². The third-order valence-corrected chi connectivity index (χ3v) is 8.71. The van der Waals surface area contributed by atoms with Gasteiger partial charge in [0.1, 0.15) is 18.0 Å². The molecule has 40 heavy (non-hydrogen) atoms. The number of hydrogen-bond donors (Lipinski definition) is 4. The Bertz CT molecular complexity index is 1580. The van der Waals surface area contributed by atoms with E-state index in [1.165, 1.54) is 24.7 Å². The predicted molar refractivity (Wildman–Crippen MR) is 143 cm³/mol. The van der Waals surface area contributed by atoms with Gasteiger partial charge in [-0.2, -0.15) is 5.10 Å². The van der Waals surface area contributed by atoms with Crippen LogP contribution in [0.25, 0.3) is 33.5 Å². The molecule has 208 valence electrons. The highest BCUT2D eigenvalue weighted by atomic mass is 19.1. The molecule has 1 saturated heterocycles. The number of pyridine rings is 1. The topological polar surface area (TPSA) is 115 Å². The Morgan fingerprint density at radius 2 is 1.90 bits per heavy atom. The number of carbonyl (C=O) groups is 1. The summed E-state index contributed by atoms with van der Waals surface area (Å²) < 4.78 is 44.1. The first-order valence-electron chi connectivity index (χ1n) is 13.7. The summed E-state index contributed by atoms with van der Waals surface area (Å²) >= 11 is 0. The zero-order chi connectivity index (χ0) is 27.4. The molecule has 9 nitrogen and oxygen atoms in total. The van der Waals surface area contributed by atoms with Crippen LogP contribution >= 0.6 is 0 Å². The Labute approximate surface area is 228 Å². The summed E-state index contributed by atoms with van der Waals surface area (Å²) in [5, 5.41) is 13.4. The molecule has 12 heteroatoms. The zero-order valence-electron chi connectivity index (χ0n) is 21.7. The van der Waals surface area contributed by atoms with Gasteiger partial charge in [0.05, 0.1) is 11.2 Å². The Hall–Kier alpha value is -4.09. The maximum atomic E-state index is 15.5. The Balaban J connectivity index is 1.17. The third-order valence-electron chi connectivity index (χ3n) is 8.71. The van der Waals surface area contributed by atoms with Crippen LogP contribution in [0.15, 0.2) is 30.7 Å². The van der Waals surface area contributed by atoms with Crippen LogP contribution < -0.4 is 10.6 Å². The van der Waals surface area contributed by atoms with Crippen molar-refractivity contribution >= 4 is 22.8 Å². The lowest BCUT2D eigenvalue weighted by Gasteiger charge is -2.31. The second kappa shape index (κ2) is 9.53. The normalized spacial score (nSPS) is 24.1. The minimum absolute atomic E-state index is 0.0102. The summed E-state index contributed by atoms with van der Waals surface area (Å²) in [6, 6.07) is 3.45. The maximum absolute atomic E-state index is 15.5. The smallest absolute Gasteiger partial charge is 0.317 e. The molecule has 3 aromatic heterocycles. The average Bonchev–Trinajstić information content (AvgIpc) is 3.50. The van der Waals surface area contributed by atoms with Crippen LogP contribution in [0, 0.1) is 22.9 Å². The molecular formula is C28H29F3N8O. The fourth-order valence-electron chi connectivity index (χ4n) is 6.59. The van der Waals surface area contributed by atoms with Gasteiger partial charge in [0.15, 0.2) is 17.5 Å². The molecule has 2 amide bonds. The number of fused-ring (bicyclic) bond motifs is 1. The maximum Gasteiger partial charge on any atom is 0.317 e. The van der Waals surface area contributed by atoms with Gasteiger partial charge in [0.25, 0.3) is 0 Å². The largest absolute Gasteiger partial charge is 0.365 e. The van der Waals surface area contributed by atoms with Crippen molar-refractivity contribution in [3.63, 3.8) is 0 Å². The van der Waals surface area contributed by atoms with Crippen molar-refractivity contribution in [2.75, 3.05) is 18.4 Å². The van der Waals surface area contributed by atoms with Crippen LogP contribution in [0.1, 0.15) is 44.9 Å². The minimum atomic E-state index is -0.730. The fraction of sp³-hybridized carbons (Fsp3) is 0.429. The Morgan fingerprint density at radius 3 is 2.70 bits per heavy atom. The summed E-state index contributed by atoms with van der Waals surface area (Å²) in [4.78, 5) is 26.2. The van der Waals surface area contributed by atoms with E-state index in [2.05, 4.69) is 35.8 Å². The quantitative estimate of drug-likeness (QED) is 0.268. The van der Waals surface area contributed by atoms with Gasteiger partial charge in [-0.15, -0.1) is 0 Å². The molecule has 4 heterocycles. The fourth-order valence-corrected chi connectivity index (χ4v) is 6.59. The number of nitrogens with zero attached hydrogens (tertiary/aromatic N) is 4. The number of rotatable bonds is 5. The van der Waals surface area contributed by atoms with E-state index in [1.54, 1.807) is 0 Å². The lowest BCUT2D eigenvalue weighted by molar-refractivity contribution is 0.203. The van der Waals surface area contributed by atoms with Crippen molar-refractivity contribution in [3.8, 4) is 22.6 Å². The number of aromatic nitrogens is 5. The number of amides is 2. The first-order chi connectivity index (χ1) is 19.4. The molecule has 1 aliphatic heterocycles. The molecule has 3 fully saturated rings. The van der Waals surface area contributed by atoms with Crippen LogP contribution in [-0.2, 0) is 0 Å². The molecule has 7 rings (SSSR count). The lowest BCUT2D eigenvalue weighted by atomic mass is 9.82. The van der Waals surface area contributed by atoms with E-state index in [-0.39, 0.29) is 46.1 Å². The van der Waals surface area contributed by atoms with Crippen LogP contribution in [0.4, 0.5) is 23.8 Å². The molecule has 4 aromatic rings. The molecule has 1 spiro atoms. The SMILES string of the molecule is O=C(N[C@H]1C[C@]12CCC[C@H](Nc1nc(-c3c[nH]c4c(F)cc(F)cc34)c(-c3ncn[nH]3)cc1F)C2)N1CCCC1. The number of urea groups is 1. The second-order valence-electron chi connectivity index (χ2n) is 11.3. The van der Waals surface area contributed by atoms with Gasteiger partial charge in [0, 0.05) is 53.9 Å². The average molecular weight is 551 g/mol. The van der Waals surface area contributed by atoms with Crippen LogP contribution in [0.2, 0.25) is 0 Å². The van der Waals surface area contributed by atoms with E-state index in [1.807, 2.05) is 4.90 Å². The number of benzene rings is 1. The van der Waals surface area contributed by atoms with E-state index in [0.29, 0.717) is 16.8 Å². The van der Waals surface area contributed by atoms with Crippen LogP contribution in [0.5, 0.6) is 0 Å². The molecular weight excluding hydrogens is 521 g/mol. The van der Waals surface area contributed by atoms with Gasteiger partial charge in [-0.25, -0.2) is 27.9 Å².